The van der Waals surface area contributed by atoms with Gasteiger partial charge in [-0.25, -0.2) is 4.39 Å². The summed E-state index contributed by atoms with van der Waals surface area (Å²) in [4.78, 5) is 3.77. The van der Waals surface area contributed by atoms with Crippen LogP contribution in [0.5, 0.6) is 5.75 Å². The van der Waals surface area contributed by atoms with Crippen molar-refractivity contribution in [2.24, 2.45) is 23.7 Å². The highest BCUT2D eigenvalue weighted by Gasteiger charge is 2.31. The molecule has 4 atom stereocenters. The Morgan fingerprint density at radius 3 is 1.08 bits per heavy atom. The van der Waals surface area contributed by atoms with Crippen LogP contribution in [-0.2, 0) is 6.18 Å². The van der Waals surface area contributed by atoms with Gasteiger partial charge in [-0.1, -0.05) is 15.9 Å². The van der Waals surface area contributed by atoms with Crippen LogP contribution in [0.25, 0.3) is 0 Å². The maximum absolute atomic E-state index is 12.5. The van der Waals surface area contributed by atoms with Gasteiger partial charge in [-0.05, 0) is 125 Å². The molecule has 0 N–H and O–H groups in total. The van der Waals surface area contributed by atoms with E-state index >= 15 is 0 Å². The van der Waals surface area contributed by atoms with E-state index in [4.69, 9.17) is 21.0 Å². The molecule has 4 unspecified atom stereocenters. The molecule has 0 bridgehead atoms. The maximum Gasteiger partial charge on any atom is 0.573 e. The molecule has 314 valence electrons. The molecule has 0 fully saturated rings. The fraction of sp³-hybridized carbons (Fsp3) is 0.333. The van der Waals surface area contributed by atoms with Gasteiger partial charge in [0.15, 0.2) is 0 Å². The summed E-state index contributed by atoms with van der Waals surface area (Å²) in [6, 6.07) is 33.5. The molecule has 0 amide bonds. The first-order valence-electron chi connectivity index (χ1n) is 17.4. The highest BCUT2D eigenvalue weighted by Crippen LogP contribution is 2.31. The number of benzene rings is 4. The average molecular weight is 958 g/mol. The van der Waals surface area contributed by atoms with Crippen LogP contribution in [0, 0.1) is 74.8 Å². The Kier molecular flexibility index (Phi) is 25.6. The summed E-state index contributed by atoms with van der Waals surface area (Å²) < 4.78 is 89.7. The summed E-state index contributed by atoms with van der Waals surface area (Å²) in [5, 5.41) is 34.2. The van der Waals surface area contributed by atoms with E-state index < -0.39 is 18.1 Å². The van der Waals surface area contributed by atoms with Crippen molar-refractivity contribution in [3.63, 3.8) is 0 Å². The molecule has 0 aromatic heterocycles. The lowest BCUT2D eigenvalue weighted by atomic mass is 10.2. The molecule has 0 saturated carbocycles. The Morgan fingerprint density at radius 2 is 0.797 bits per heavy atom. The number of nitriles is 4. The minimum Gasteiger partial charge on any atom is -0.406 e. The molecule has 5 nitrogen and oxygen atoms in total. The number of rotatable bonds is 13. The summed E-state index contributed by atoms with van der Waals surface area (Å²) in [5.41, 5.74) is -0.648. The number of ether oxygens (including phenoxy) is 1. The van der Waals surface area contributed by atoms with E-state index in [2.05, 4.69) is 57.1 Å². The molecule has 4 rings (SSSR count). The Balaban J connectivity index is 0.000000396. The molecule has 17 heteroatoms. The third-order valence-electron chi connectivity index (χ3n) is 6.75. The standard InChI is InChI=1S/C11H10F3NOS.C11H10F3NS.C10H10BrNS.C10H10FNS/c1-8(6-15)7-17-10-4-2-9(3-5-10)16-11(12,13)14;1-8(6-15)7-16-10-4-2-9(3-5-10)11(12,13)14;2*1-8(6-12)7-13-10-4-2-9(11)3-5-10/h2-5,8H,7H2,1H3;2-5,8H,7H2,1H3;2*2-5,8H,7H2,1H3. The van der Waals surface area contributed by atoms with Crippen molar-refractivity contribution in [2.45, 2.75) is 59.8 Å². The SMILES string of the molecule is CC(C#N)CSc1ccc(Br)cc1.CC(C#N)CSc1ccc(C(F)(F)F)cc1.CC(C#N)CSc1ccc(F)cc1.CC(C#N)CSc1ccc(OC(F)(F)F)cc1. The van der Waals surface area contributed by atoms with Crippen molar-refractivity contribution >= 4 is 63.0 Å². The van der Waals surface area contributed by atoms with Gasteiger partial charge in [0.2, 0.25) is 0 Å². The Labute approximate surface area is 366 Å². The molecule has 0 aliphatic heterocycles. The number of halogens is 8. The zero-order valence-corrected chi connectivity index (χ0v) is 37.1. The van der Waals surface area contributed by atoms with E-state index in [0.29, 0.717) is 11.5 Å². The van der Waals surface area contributed by atoms with E-state index in [9.17, 15) is 30.7 Å². The molecule has 0 saturated heterocycles. The smallest absolute Gasteiger partial charge is 0.406 e. The molecule has 0 radical (unpaired) electrons. The van der Waals surface area contributed by atoms with Gasteiger partial charge >= 0.3 is 12.5 Å². The van der Waals surface area contributed by atoms with Gasteiger partial charge in [0.1, 0.15) is 11.6 Å². The highest BCUT2D eigenvalue weighted by atomic mass is 79.9. The molecule has 0 aliphatic carbocycles. The molecule has 0 aliphatic rings. The van der Waals surface area contributed by atoms with Gasteiger partial charge in [-0.2, -0.15) is 34.2 Å². The third-order valence-corrected chi connectivity index (χ3v) is 12.4. The fourth-order valence-electron chi connectivity index (χ4n) is 3.57. The van der Waals surface area contributed by atoms with Crippen molar-refractivity contribution in [3.8, 4) is 30.0 Å². The van der Waals surface area contributed by atoms with Crippen LogP contribution in [0.1, 0.15) is 33.3 Å². The van der Waals surface area contributed by atoms with Crippen molar-refractivity contribution in [1.29, 1.82) is 21.0 Å². The van der Waals surface area contributed by atoms with E-state index in [-0.39, 0.29) is 35.2 Å². The summed E-state index contributed by atoms with van der Waals surface area (Å²) in [6.45, 7) is 7.37. The number of hydrogen-bond acceptors (Lipinski definition) is 9. The van der Waals surface area contributed by atoms with Crippen molar-refractivity contribution in [1.82, 2.24) is 0 Å². The zero-order valence-electron chi connectivity index (χ0n) is 32.2. The lowest BCUT2D eigenvalue weighted by Crippen LogP contribution is -2.16. The fourth-order valence-corrected chi connectivity index (χ4v) is 7.22. The number of hydrogen-bond donors (Lipinski definition) is 0. The van der Waals surface area contributed by atoms with Gasteiger partial charge in [-0.3, -0.25) is 0 Å². The molecular weight excluding hydrogens is 918 g/mol. The van der Waals surface area contributed by atoms with Crippen LogP contribution < -0.4 is 4.74 Å². The number of nitrogens with zero attached hydrogens (tertiary/aromatic N) is 4. The van der Waals surface area contributed by atoms with Gasteiger partial charge in [0.25, 0.3) is 0 Å². The van der Waals surface area contributed by atoms with Crippen LogP contribution in [0.3, 0.4) is 0 Å². The minimum atomic E-state index is -4.66. The first-order chi connectivity index (χ1) is 27.8. The van der Waals surface area contributed by atoms with Gasteiger partial charge in [0.05, 0.1) is 53.5 Å². The molecule has 0 heterocycles. The van der Waals surface area contributed by atoms with E-state index in [1.54, 1.807) is 49.5 Å². The van der Waals surface area contributed by atoms with Gasteiger partial charge in [-0.15, -0.1) is 60.2 Å². The van der Waals surface area contributed by atoms with Gasteiger partial charge in [0, 0.05) is 47.1 Å². The second kappa shape index (κ2) is 28.5. The third kappa shape index (κ3) is 26.0. The minimum absolute atomic E-state index is 0.0371. The first-order valence-corrected chi connectivity index (χ1v) is 22.2. The molecule has 4 aromatic rings. The predicted molar refractivity (Wildman–Crippen MR) is 227 cm³/mol. The second-order valence-electron chi connectivity index (χ2n) is 12.3. The van der Waals surface area contributed by atoms with E-state index in [1.807, 2.05) is 26.0 Å². The molecule has 0 spiro atoms. The first kappa shape index (κ1) is 53.0. The lowest BCUT2D eigenvalue weighted by Gasteiger charge is -2.09. The normalized spacial score (nSPS) is 12.6. The molecule has 4 aromatic carbocycles. The van der Waals surface area contributed by atoms with Crippen LogP contribution in [-0.4, -0.2) is 29.4 Å². The number of thioether (sulfide) groups is 4. The summed E-state index contributed by atoms with van der Waals surface area (Å²) >= 11 is 9.47. The van der Waals surface area contributed by atoms with Gasteiger partial charge < -0.3 is 4.74 Å². The van der Waals surface area contributed by atoms with Crippen LogP contribution >= 0.6 is 63.0 Å². The quantitative estimate of drug-likeness (QED) is 0.0957. The summed E-state index contributed by atoms with van der Waals surface area (Å²) in [5.74, 6) is 2.30. The topological polar surface area (TPSA) is 104 Å². The van der Waals surface area contributed by atoms with E-state index in [1.165, 1.54) is 77.0 Å². The number of alkyl halides is 6. The monoisotopic (exact) mass is 956 g/mol. The molecule has 59 heavy (non-hydrogen) atoms. The predicted octanol–water partition coefficient (Wildman–Crippen LogP) is 14.6. The zero-order chi connectivity index (χ0) is 44.4. The Hall–Kier alpha value is -3.97. The maximum atomic E-state index is 12.5. The highest BCUT2D eigenvalue weighted by molar-refractivity contribution is 9.10. The van der Waals surface area contributed by atoms with Crippen molar-refractivity contribution in [2.75, 3.05) is 23.0 Å². The average Bonchev–Trinajstić information content (AvgIpc) is 3.21. The Bertz CT molecular complexity index is 1890. The van der Waals surface area contributed by atoms with Crippen molar-refractivity contribution < 1.29 is 35.5 Å². The van der Waals surface area contributed by atoms with E-state index in [0.717, 1.165) is 42.8 Å². The summed E-state index contributed by atoms with van der Waals surface area (Å²) in [6.07, 6.45) is -8.95. The molecular formula is C42H40BrF7N4OS4. The van der Waals surface area contributed by atoms with Crippen LogP contribution in [0.2, 0.25) is 0 Å². The van der Waals surface area contributed by atoms with Crippen molar-refractivity contribution in [3.05, 3.63) is 113 Å². The van der Waals surface area contributed by atoms with Crippen LogP contribution in [0.15, 0.2) is 121 Å². The second-order valence-corrected chi connectivity index (χ2v) is 17.6. The van der Waals surface area contributed by atoms with Crippen LogP contribution in [0.4, 0.5) is 30.7 Å². The summed E-state index contributed by atoms with van der Waals surface area (Å²) in [7, 11) is 0. The lowest BCUT2D eigenvalue weighted by molar-refractivity contribution is -0.274. The largest absolute Gasteiger partial charge is 0.573 e. The Morgan fingerprint density at radius 1 is 0.508 bits per heavy atom.